The first-order valence-corrected chi connectivity index (χ1v) is 10.6. The molecule has 0 amide bonds. The van der Waals surface area contributed by atoms with Crippen LogP contribution in [0.15, 0.2) is 72.7 Å². The van der Waals surface area contributed by atoms with Crippen LogP contribution in [0.25, 0.3) is 10.8 Å². The molecule has 0 atom stereocenters. The molecule has 0 aliphatic carbocycles. The average molecular weight is 417 g/mol. The maximum absolute atomic E-state index is 11.5. The number of fused-ring (bicyclic) bond motifs is 1. The highest BCUT2D eigenvalue weighted by molar-refractivity contribution is 7.86. The van der Waals surface area contributed by atoms with Crippen LogP contribution in [0.4, 0.5) is 11.4 Å². The van der Waals surface area contributed by atoms with Gasteiger partial charge in [-0.25, -0.2) is 0 Å². The van der Waals surface area contributed by atoms with E-state index in [9.17, 15) is 8.42 Å². The van der Waals surface area contributed by atoms with Crippen LogP contribution in [-0.2, 0) is 14.3 Å². The van der Waals surface area contributed by atoms with Gasteiger partial charge in [-0.3, -0.25) is 4.18 Å². The molecule has 0 fully saturated rings. The number of benzene rings is 3. The Balaban J connectivity index is 0.000000547. The smallest absolute Gasteiger partial charge is 0.296 e. The van der Waals surface area contributed by atoms with Crippen molar-refractivity contribution in [3.8, 4) is 0 Å². The van der Waals surface area contributed by atoms with Crippen LogP contribution in [0.3, 0.4) is 0 Å². The van der Waals surface area contributed by atoms with Crippen molar-refractivity contribution in [1.82, 2.24) is 0 Å². The summed E-state index contributed by atoms with van der Waals surface area (Å²) in [5.41, 5.74) is 15.1. The van der Waals surface area contributed by atoms with E-state index in [1.54, 1.807) is 12.1 Å². The van der Waals surface area contributed by atoms with E-state index in [1.807, 2.05) is 64.1 Å². The SMILES string of the molecule is C=C.CC.COS(=O)(=O)c1ccc2c(N)c(C)ccc2c1.Cc1ccc(N)cc1. The fraction of sp³-hybridized carbons (Fsp3) is 0.217. The summed E-state index contributed by atoms with van der Waals surface area (Å²) in [6.07, 6.45) is 0. The van der Waals surface area contributed by atoms with Crippen LogP contribution in [0.2, 0.25) is 0 Å². The molecule has 0 aliphatic heterocycles. The standard InChI is InChI=1S/C12H13NO3S.C7H9N.C2H6.C2H4/c1-8-3-4-9-7-10(17(14,15)16-2)5-6-11(9)12(8)13;1-6-2-4-7(8)5-3-6;2*1-2/h3-7H,13H2,1-2H3;2-5H,8H2,1H3;1-2H3;1-2H2. The number of nitrogen functional groups attached to an aromatic ring is 2. The van der Waals surface area contributed by atoms with Gasteiger partial charge >= 0.3 is 0 Å². The lowest BCUT2D eigenvalue weighted by Gasteiger charge is -2.07. The maximum Gasteiger partial charge on any atom is 0.296 e. The molecule has 0 aliphatic rings. The topological polar surface area (TPSA) is 95.4 Å². The summed E-state index contributed by atoms with van der Waals surface area (Å²) in [5, 5.41) is 1.63. The highest BCUT2D eigenvalue weighted by Gasteiger charge is 2.13. The summed E-state index contributed by atoms with van der Waals surface area (Å²) in [6.45, 7) is 14.0. The van der Waals surface area contributed by atoms with E-state index in [2.05, 4.69) is 17.3 Å². The molecule has 0 aromatic heterocycles. The Labute approximate surface area is 175 Å². The van der Waals surface area contributed by atoms with Gasteiger partial charge in [0.2, 0.25) is 0 Å². The maximum atomic E-state index is 11.5. The average Bonchev–Trinajstić information content (AvgIpc) is 2.76. The summed E-state index contributed by atoms with van der Waals surface area (Å²) in [5.74, 6) is 0. The first kappa shape index (κ1) is 26.2. The van der Waals surface area contributed by atoms with E-state index in [4.69, 9.17) is 11.5 Å². The van der Waals surface area contributed by atoms with Crippen LogP contribution < -0.4 is 11.5 Å². The number of anilines is 2. The quantitative estimate of drug-likeness (QED) is 0.328. The third-order valence-electron chi connectivity index (χ3n) is 3.84. The molecular weight excluding hydrogens is 384 g/mol. The molecule has 3 rings (SSSR count). The zero-order valence-electron chi connectivity index (χ0n) is 17.9. The van der Waals surface area contributed by atoms with Crippen molar-refractivity contribution in [3.05, 3.63) is 78.9 Å². The van der Waals surface area contributed by atoms with Gasteiger partial charge in [0.25, 0.3) is 10.1 Å². The van der Waals surface area contributed by atoms with E-state index < -0.39 is 10.1 Å². The van der Waals surface area contributed by atoms with Crippen LogP contribution in [0.5, 0.6) is 0 Å². The number of hydrogen-bond donors (Lipinski definition) is 2. The van der Waals surface area contributed by atoms with E-state index in [0.717, 1.165) is 29.1 Å². The largest absolute Gasteiger partial charge is 0.399 e. The highest BCUT2D eigenvalue weighted by atomic mass is 32.2. The second kappa shape index (κ2) is 12.6. The van der Waals surface area contributed by atoms with Crippen molar-refractivity contribution < 1.29 is 12.6 Å². The molecule has 0 radical (unpaired) electrons. The Bertz CT molecular complexity index is 978. The highest BCUT2D eigenvalue weighted by Crippen LogP contribution is 2.27. The molecular formula is C23H32N2O3S. The van der Waals surface area contributed by atoms with Gasteiger partial charge < -0.3 is 11.5 Å². The van der Waals surface area contributed by atoms with E-state index >= 15 is 0 Å². The van der Waals surface area contributed by atoms with Crippen molar-refractivity contribution in [1.29, 1.82) is 0 Å². The van der Waals surface area contributed by atoms with Crippen molar-refractivity contribution in [2.45, 2.75) is 32.6 Å². The summed E-state index contributed by atoms with van der Waals surface area (Å²) < 4.78 is 27.6. The molecule has 4 N–H and O–H groups in total. The monoisotopic (exact) mass is 416 g/mol. The van der Waals surface area contributed by atoms with Crippen molar-refractivity contribution in [3.63, 3.8) is 0 Å². The van der Waals surface area contributed by atoms with Gasteiger partial charge in [0, 0.05) is 16.8 Å². The van der Waals surface area contributed by atoms with Crippen molar-refractivity contribution in [2.24, 2.45) is 0 Å². The van der Waals surface area contributed by atoms with Crippen LogP contribution >= 0.6 is 0 Å². The van der Waals surface area contributed by atoms with Gasteiger partial charge in [-0.05, 0) is 49.1 Å². The van der Waals surface area contributed by atoms with E-state index in [1.165, 1.54) is 11.6 Å². The summed E-state index contributed by atoms with van der Waals surface area (Å²) in [7, 11) is -2.51. The van der Waals surface area contributed by atoms with Crippen LogP contribution in [0.1, 0.15) is 25.0 Å². The zero-order chi connectivity index (χ0) is 22.6. The Hall–Kier alpha value is -2.83. The Morgan fingerprint density at radius 1 is 0.862 bits per heavy atom. The molecule has 3 aromatic carbocycles. The minimum Gasteiger partial charge on any atom is -0.399 e. The lowest BCUT2D eigenvalue weighted by atomic mass is 10.1. The molecule has 0 saturated carbocycles. The van der Waals surface area contributed by atoms with Crippen LogP contribution in [0, 0.1) is 13.8 Å². The molecule has 0 spiro atoms. The lowest BCUT2D eigenvalue weighted by Crippen LogP contribution is -2.02. The predicted molar refractivity (Wildman–Crippen MR) is 125 cm³/mol. The van der Waals surface area contributed by atoms with Crippen molar-refractivity contribution >= 4 is 32.3 Å². The van der Waals surface area contributed by atoms with Gasteiger partial charge in [-0.1, -0.05) is 49.7 Å². The first-order chi connectivity index (χ1) is 13.7. The third kappa shape index (κ3) is 7.60. The van der Waals surface area contributed by atoms with Gasteiger partial charge in [0.15, 0.2) is 0 Å². The molecule has 0 heterocycles. The van der Waals surface area contributed by atoms with Gasteiger partial charge in [0.05, 0.1) is 12.0 Å². The summed E-state index contributed by atoms with van der Waals surface area (Å²) in [4.78, 5) is 0.135. The Morgan fingerprint density at radius 2 is 1.41 bits per heavy atom. The lowest BCUT2D eigenvalue weighted by molar-refractivity contribution is 0.398. The van der Waals surface area contributed by atoms with Gasteiger partial charge in [-0.2, -0.15) is 8.42 Å². The van der Waals surface area contributed by atoms with Crippen LogP contribution in [-0.4, -0.2) is 15.5 Å². The molecule has 0 unspecified atom stereocenters. The first-order valence-electron chi connectivity index (χ1n) is 9.16. The minimum absolute atomic E-state index is 0.135. The molecule has 6 heteroatoms. The fourth-order valence-corrected chi connectivity index (χ4v) is 2.96. The number of nitrogens with two attached hydrogens (primary N) is 2. The van der Waals surface area contributed by atoms with Crippen molar-refractivity contribution in [2.75, 3.05) is 18.6 Å². The minimum atomic E-state index is -3.65. The molecule has 0 saturated heterocycles. The third-order valence-corrected chi connectivity index (χ3v) is 5.11. The number of hydrogen-bond acceptors (Lipinski definition) is 5. The molecule has 29 heavy (non-hydrogen) atoms. The molecule has 3 aromatic rings. The van der Waals surface area contributed by atoms with E-state index in [-0.39, 0.29) is 4.90 Å². The Kier molecular flexibility index (Phi) is 11.4. The fourth-order valence-electron chi connectivity index (χ4n) is 2.26. The summed E-state index contributed by atoms with van der Waals surface area (Å²) in [6, 6.07) is 16.2. The second-order valence-corrected chi connectivity index (χ2v) is 7.42. The predicted octanol–water partition coefficient (Wildman–Crippen LogP) is 5.47. The zero-order valence-corrected chi connectivity index (χ0v) is 18.7. The summed E-state index contributed by atoms with van der Waals surface area (Å²) >= 11 is 0. The van der Waals surface area contributed by atoms with Gasteiger partial charge in [0.1, 0.15) is 0 Å². The molecule has 5 nitrogen and oxygen atoms in total. The second-order valence-electron chi connectivity index (χ2n) is 5.71. The van der Waals surface area contributed by atoms with Gasteiger partial charge in [-0.15, -0.1) is 13.2 Å². The number of aryl methyl sites for hydroxylation is 2. The van der Waals surface area contributed by atoms with E-state index in [0.29, 0.717) is 5.69 Å². The normalized spacial score (nSPS) is 9.83. The number of rotatable bonds is 2. The molecule has 0 bridgehead atoms. The Morgan fingerprint density at radius 3 is 1.90 bits per heavy atom. The molecule has 158 valence electrons.